The summed E-state index contributed by atoms with van der Waals surface area (Å²) in [7, 11) is -4.15. The first-order valence-electron chi connectivity index (χ1n) is 10.4. The minimum atomic E-state index is -4.15. The second kappa shape index (κ2) is 10.3. The van der Waals surface area contributed by atoms with Gasteiger partial charge in [0.25, 0.3) is 15.9 Å². The maximum atomic E-state index is 13.4. The van der Waals surface area contributed by atoms with Crippen LogP contribution in [0.2, 0.25) is 0 Å². The van der Waals surface area contributed by atoms with Crippen molar-refractivity contribution in [1.29, 1.82) is 0 Å². The van der Waals surface area contributed by atoms with Crippen LogP contribution in [0, 0.1) is 0 Å². The molecule has 0 atom stereocenters. The van der Waals surface area contributed by atoms with E-state index in [4.69, 9.17) is 9.47 Å². The predicted molar refractivity (Wildman–Crippen MR) is 125 cm³/mol. The lowest BCUT2D eigenvalue weighted by molar-refractivity contribution is -0.119. The van der Waals surface area contributed by atoms with Crippen molar-refractivity contribution in [2.45, 2.75) is 31.6 Å². The van der Waals surface area contributed by atoms with Crippen LogP contribution in [0.25, 0.3) is 0 Å². The van der Waals surface area contributed by atoms with Crippen molar-refractivity contribution in [2.24, 2.45) is 0 Å². The van der Waals surface area contributed by atoms with Crippen molar-refractivity contribution < 1.29 is 22.7 Å². The SMILES string of the molecule is CCOc1ccc(N(C(=O)COc2ccccc2C(C)C)S(=O)(=O)c2ccccc2)cc1. The zero-order valence-electron chi connectivity index (χ0n) is 18.4. The van der Waals surface area contributed by atoms with Crippen LogP contribution in [0.15, 0.2) is 83.8 Å². The molecule has 3 rings (SSSR count). The molecule has 0 bridgehead atoms. The summed E-state index contributed by atoms with van der Waals surface area (Å²) in [5, 5.41) is 0. The molecule has 0 N–H and O–H groups in total. The van der Waals surface area contributed by atoms with Gasteiger partial charge in [0.05, 0.1) is 17.2 Å². The Morgan fingerprint density at radius 1 is 0.875 bits per heavy atom. The van der Waals surface area contributed by atoms with Crippen LogP contribution in [0.3, 0.4) is 0 Å². The van der Waals surface area contributed by atoms with Crippen LogP contribution >= 0.6 is 0 Å². The van der Waals surface area contributed by atoms with Crippen LogP contribution < -0.4 is 13.8 Å². The quantitative estimate of drug-likeness (QED) is 0.455. The van der Waals surface area contributed by atoms with Gasteiger partial charge in [-0.1, -0.05) is 50.2 Å². The second-order valence-electron chi connectivity index (χ2n) is 7.38. The number of carbonyl (C=O) groups excluding carboxylic acids is 1. The summed E-state index contributed by atoms with van der Waals surface area (Å²) in [6.45, 7) is 5.96. The van der Waals surface area contributed by atoms with Gasteiger partial charge in [-0.05, 0) is 60.9 Å². The summed E-state index contributed by atoms with van der Waals surface area (Å²) in [4.78, 5) is 13.2. The Hall–Kier alpha value is -3.32. The lowest BCUT2D eigenvalue weighted by Crippen LogP contribution is -2.40. The van der Waals surface area contributed by atoms with E-state index in [-0.39, 0.29) is 16.5 Å². The molecule has 0 aliphatic carbocycles. The van der Waals surface area contributed by atoms with Gasteiger partial charge in [0, 0.05) is 0 Å². The van der Waals surface area contributed by atoms with Gasteiger partial charge in [0.15, 0.2) is 6.61 Å². The molecule has 0 saturated carbocycles. The van der Waals surface area contributed by atoms with E-state index in [0.717, 1.165) is 9.87 Å². The van der Waals surface area contributed by atoms with Gasteiger partial charge in [0.1, 0.15) is 11.5 Å². The number of amides is 1. The minimum Gasteiger partial charge on any atom is -0.494 e. The largest absolute Gasteiger partial charge is 0.494 e. The number of anilines is 1. The maximum absolute atomic E-state index is 13.4. The molecule has 0 aliphatic rings. The molecule has 7 heteroatoms. The average molecular weight is 454 g/mol. The number of para-hydroxylation sites is 1. The van der Waals surface area contributed by atoms with Crippen LogP contribution in [-0.2, 0) is 14.8 Å². The van der Waals surface area contributed by atoms with Crippen LogP contribution in [0.4, 0.5) is 5.69 Å². The van der Waals surface area contributed by atoms with E-state index in [9.17, 15) is 13.2 Å². The third kappa shape index (κ3) is 5.29. The maximum Gasteiger partial charge on any atom is 0.278 e. The number of rotatable bonds is 9. The van der Waals surface area contributed by atoms with E-state index < -0.39 is 22.5 Å². The molecule has 32 heavy (non-hydrogen) atoms. The monoisotopic (exact) mass is 453 g/mol. The third-order valence-corrected chi connectivity index (χ3v) is 6.55. The minimum absolute atomic E-state index is 0.0183. The van der Waals surface area contributed by atoms with E-state index in [1.165, 1.54) is 12.1 Å². The highest BCUT2D eigenvalue weighted by Crippen LogP contribution is 2.28. The third-order valence-electron chi connectivity index (χ3n) is 4.78. The molecule has 168 valence electrons. The first-order chi connectivity index (χ1) is 15.3. The number of benzene rings is 3. The number of nitrogens with zero attached hydrogens (tertiary/aromatic N) is 1. The second-order valence-corrected chi connectivity index (χ2v) is 9.17. The lowest BCUT2D eigenvalue weighted by atomic mass is 10.0. The fourth-order valence-electron chi connectivity index (χ4n) is 3.25. The Labute approximate surface area is 189 Å². The topological polar surface area (TPSA) is 72.9 Å². The Kier molecular flexibility index (Phi) is 7.53. The zero-order valence-corrected chi connectivity index (χ0v) is 19.2. The first-order valence-corrected chi connectivity index (χ1v) is 11.9. The average Bonchev–Trinajstić information content (AvgIpc) is 2.80. The van der Waals surface area contributed by atoms with Crippen LogP contribution in [-0.4, -0.2) is 27.5 Å². The van der Waals surface area contributed by atoms with Gasteiger partial charge >= 0.3 is 0 Å². The van der Waals surface area contributed by atoms with Gasteiger partial charge < -0.3 is 9.47 Å². The van der Waals surface area contributed by atoms with Crippen LogP contribution in [0.5, 0.6) is 11.5 Å². The van der Waals surface area contributed by atoms with E-state index in [0.29, 0.717) is 18.1 Å². The van der Waals surface area contributed by atoms with E-state index in [2.05, 4.69) is 0 Å². The molecule has 0 heterocycles. The van der Waals surface area contributed by atoms with Crippen molar-refractivity contribution in [1.82, 2.24) is 0 Å². The van der Waals surface area contributed by atoms with Gasteiger partial charge in [-0.3, -0.25) is 4.79 Å². The van der Waals surface area contributed by atoms with Gasteiger partial charge in [-0.25, -0.2) is 8.42 Å². The fourth-order valence-corrected chi connectivity index (χ4v) is 4.68. The number of sulfonamides is 1. The Bertz CT molecular complexity index is 1140. The Morgan fingerprint density at radius 2 is 1.50 bits per heavy atom. The molecule has 0 radical (unpaired) electrons. The van der Waals surface area contributed by atoms with E-state index >= 15 is 0 Å². The molecule has 0 aromatic heterocycles. The molecule has 3 aromatic carbocycles. The number of ether oxygens (including phenoxy) is 2. The fraction of sp³-hybridized carbons (Fsp3) is 0.240. The van der Waals surface area contributed by atoms with Crippen molar-refractivity contribution >= 4 is 21.6 Å². The van der Waals surface area contributed by atoms with Gasteiger partial charge in [-0.15, -0.1) is 0 Å². The highest BCUT2D eigenvalue weighted by Gasteiger charge is 2.31. The lowest BCUT2D eigenvalue weighted by Gasteiger charge is -2.23. The van der Waals surface area contributed by atoms with Crippen molar-refractivity contribution in [3.63, 3.8) is 0 Å². The summed E-state index contributed by atoms with van der Waals surface area (Å²) in [6, 6.07) is 21.6. The zero-order chi connectivity index (χ0) is 23.1. The molecule has 1 amide bonds. The summed E-state index contributed by atoms with van der Waals surface area (Å²) < 4.78 is 38.8. The van der Waals surface area contributed by atoms with E-state index in [1.807, 2.05) is 39.0 Å². The number of hydrogen-bond acceptors (Lipinski definition) is 5. The molecule has 0 unspecified atom stereocenters. The molecule has 0 fully saturated rings. The van der Waals surface area contributed by atoms with Crippen LogP contribution in [0.1, 0.15) is 32.3 Å². The Morgan fingerprint density at radius 3 is 2.12 bits per heavy atom. The standard InChI is InChI=1S/C25H27NO5S/c1-4-30-21-16-14-20(15-17-21)26(32(28,29)22-10-6-5-7-11-22)25(27)18-31-24-13-9-8-12-23(24)19(2)3/h5-17,19H,4,18H2,1-3H3. The molecular formula is C25H27NO5S. The summed E-state index contributed by atoms with van der Waals surface area (Å²) in [5.74, 6) is 0.635. The summed E-state index contributed by atoms with van der Waals surface area (Å²) in [5.41, 5.74) is 1.15. The highest BCUT2D eigenvalue weighted by molar-refractivity contribution is 7.93. The van der Waals surface area contributed by atoms with Crippen molar-refractivity contribution in [3.05, 3.63) is 84.4 Å². The Balaban J connectivity index is 1.94. The number of hydrogen-bond donors (Lipinski definition) is 0. The van der Waals surface area contributed by atoms with Gasteiger partial charge in [0.2, 0.25) is 0 Å². The van der Waals surface area contributed by atoms with Crippen molar-refractivity contribution in [3.8, 4) is 11.5 Å². The van der Waals surface area contributed by atoms with Crippen molar-refractivity contribution in [2.75, 3.05) is 17.5 Å². The smallest absolute Gasteiger partial charge is 0.278 e. The normalized spacial score (nSPS) is 11.2. The molecular weight excluding hydrogens is 426 g/mol. The molecule has 6 nitrogen and oxygen atoms in total. The summed E-state index contributed by atoms with van der Waals surface area (Å²) >= 11 is 0. The molecule has 0 spiro atoms. The first kappa shape index (κ1) is 23.3. The number of carbonyl (C=O) groups is 1. The molecule has 0 saturated heterocycles. The van der Waals surface area contributed by atoms with E-state index in [1.54, 1.807) is 48.5 Å². The predicted octanol–water partition coefficient (Wildman–Crippen LogP) is 5.01. The van der Waals surface area contributed by atoms with Gasteiger partial charge in [-0.2, -0.15) is 4.31 Å². The molecule has 3 aromatic rings. The summed E-state index contributed by atoms with van der Waals surface area (Å²) in [6.07, 6.45) is 0. The highest BCUT2D eigenvalue weighted by atomic mass is 32.2. The molecule has 0 aliphatic heterocycles.